The van der Waals surface area contributed by atoms with E-state index in [2.05, 4.69) is 27.1 Å². The van der Waals surface area contributed by atoms with Crippen molar-refractivity contribution in [2.24, 2.45) is 17.3 Å². The molecule has 33 heavy (non-hydrogen) atoms. The van der Waals surface area contributed by atoms with Gasteiger partial charge in [-0.3, -0.25) is 9.59 Å². The maximum Gasteiger partial charge on any atom is 0.253 e. The van der Waals surface area contributed by atoms with Gasteiger partial charge in [-0.05, 0) is 74.8 Å². The number of rotatable bonds is 5. The van der Waals surface area contributed by atoms with Gasteiger partial charge in [0.05, 0.1) is 5.41 Å². The molecule has 174 valence electrons. The van der Waals surface area contributed by atoms with Crippen LogP contribution in [-0.2, 0) is 4.79 Å². The Hall–Kier alpha value is -2.96. The van der Waals surface area contributed by atoms with Crippen LogP contribution in [0.5, 0.6) is 0 Å². The highest BCUT2D eigenvalue weighted by atomic mass is 16.2. The molecule has 2 aromatic rings. The van der Waals surface area contributed by atoms with Gasteiger partial charge in [0.1, 0.15) is 0 Å². The third-order valence-electron chi connectivity index (χ3n) is 7.76. The molecule has 3 fully saturated rings. The quantitative estimate of drug-likeness (QED) is 0.762. The number of aryl methyl sites for hydroxylation is 2. The summed E-state index contributed by atoms with van der Waals surface area (Å²) in [7, 11) is 0. The lowest BCUT2D eigenvalue weighted by atomic mass is 9.74. The van der Waals surface area contributed by atoms with E-state index in [1.807, 2.05) is 30.0 Å². The molecule has 5 rings (SSSR count). The van der Waals surface area contributed by atoms with Gasteiger partial charge in [-0.2, -0.15) is 0 Å². The Balaban J connectivity index is 1.40. The topological polar surface area (TPSA) is 78.4 Å². The number of likely N-dealkylation sites (tertiary alicyclic amines) is 1. The van der Waals surface area contributed by atoms with Crippen molar-refractivity contribution in [2.45, 2.75) is 39.5 Å². The molecule has 1 aliphatic carbocycles. The Morgan fingerprint density at radius 1 is 1.12 bits per heavy atom. The SMILES string of the molecule is Cc1ccc(C(=O)N2CCC[C@]3(C(=O)NCC4CC4)CN(c4ncccn4)C[C@@H]3C2)cc1C. The van der Waals surface area contributed by atoms with E-state index in [-0.39, 0.29) is 17.7 Å². The van der Waals surface area contributed by atoms with Crippen molar-refractivity contribution >= 4 is 17.8 Å². The number of nitrogens with one attached hydrogen (secondary N) is 1. The van der Waals surface area contributed by atoms with Gasteiger partial charge in [0.15, 0.2) is 0 Å². The summed E-state index contributed by atoms with van der Waals surface area (Å²) in [5.41, 5.74) is 2.51. The predicted molar refractivity (Wildman–Crippen MR) is 127 cm³/mol. The molecule has 2 aliphatic heterocycles. The highest BCUT2D eigenvalue weighted by Crippen LogP contribution is 2.44. The monoisotopic (exact) mass is 447 g/mol. The standard InChI is InChI=1S/C26H33N5O2/c1-18-5-8-21(13-19(18)2)23(32)30-12-3-9-26(24(33)29-14-20-6-7-20)17-31(16-22(26)15-30)25-27-10-4-11-28-25/h4-5,8,10-11,13,20,22H,3,6-7,9,12,14-17H2,1-2H3,(H,29,33)/t22-,26-/m0/s1. The molecule has 0 unspecified atom stereocenters. The lowest BCUT2D eigenvalue weighted by molar-refractivity contribution is -0.132. The van der Waals surface area contributed by atoms with E-state index >= 15 is 0 Å². The summed E-state index contributed by atoms with van der Waals surface area (Å²) < 4.78 is 0. The lowest BCUT2D eigenvalue weighted by Gasteiger charge is -2.32. The van der Waals surface area contributed by atoms with Crippen LogP contribution in [0.25, 0.3) is 0 Å². The van der Waals surface area contributed by atoms with Gasteiger partial charge < -0.3 is 15.1 Å². The van der Waals surface area contributed by atoms with Crippen LogP contribution in [0, 0.1) is 31.1 Å². The van der Waals surface area contributed by atoms with Gasteiger partial charge in [0, 0.05) is 56.6 Å². The van der Waals surface area contributed by atoms with Crippen molar-refractivity contribution in [1.29, 1.82) is 0 Å². The Morgan fingerprint density at radius 3 is 2.64 bits per heavy atom. The van der Waals surface area contributed by atoms with Crippen LogP contribution in [-0.4, -0.2) is 59.4 Å². The molecule has 3 aliphatic rings. The average molecular weight is 448 g/mol. The second-order valence-electron chi connectivity index (χ2n) is 10.1. The molecule has 2 amide bonds. The molecule has 1 N–H and O–H groups in total. The molecule has 7 nitrogen and oxygen atoms in total. The highest BCUT2D eigenvalue weighted by Gasteiger charge is 2.54. The minimum Gasteiger partial charge on any atom is -0.355 e. The van der Waals surface area contributed by atoms with Gasteiger partial charge in [0.2, 0.25) is 11.9 Å². The number of nitrogens with zero attached hydrogens (tertiary/aromatic N) is 4. The summed E-state index contributed by atoms with van der Waals surface area (Å²) in [4.78, 5) is 40.0. The molecule has 1 aromatic heterocycles. The van der Waals surface area contributed by atoms with Gasteiger partial charge in [-0.25, -0.2) is 9.97 Å². The molecular weight excluding hydrogens is 414 g/mol. The van der Waals surface area contributed by atoms with E-state index in [4.69, 9.17) is 0 Å². The third-order valence-corrected chi connectivity index (χ3v) is 7.76. The number of fused-ring (bicyclic) bond motifs is 1. The Kier molecular flexibility index (Phi) is 5.81. The van der Waals surface area contributed by atoms with Crippen LogP contribution >= 0.6 is 0 Å². The van der Waals surface area contributed by atoms with Crippen molar-refractivity contribution in [3.05, 3.63) is 53.3 Å². The van der Waals surface area contributed by atoms with Gasteiger partial charge in [-0.1, -0.05) is 6.07 Å². The molecule has 0 spiro atoms. The fraction of sp³-hybridized carbons (Fsp3) is 0.538. The van der Waals surface area contributed by atoms with Crippen molar-refractivity contribution in [2.75, 3.05) is 37.6 Å². The lowest BCUT2D eigenvalue weighted by Crippen LogP contribution is -2.48. The summed E-state index contributed by atoms with van der Waals surface area (Å²) in [6, 6.07) is 7.72. The van der Waals surface area contributed by atoms with Gasteiger partial charge in [-0.15, -0.1) is 0 Å². The predicted octanol–water partition coefficient (Wildman–Crippen LogP) is 2.98. The first kappa shape index (κ1) is 21.9. The number of benzene rings is 1. The zero-order valence-corrected chi connectivity index (χ0v) is 19.6. The zero-order valence-electron chi connectivity index (χ0n) is 19.6. The van der Waals surface area contributed by atoms with E-state index in [9.17, 15) is 9.59 Å². The fourth-order valence-electron chi connectivity index (χ4n) is 5.39. The maximum atomic E-state index is 13.6. The van der Waals surface area contributed by atoms with Crippen molar-refractivity contribution in [3.63, 3.8) is 0 Å². The van der Waals surface area contributed by atoms with Crippen LogP contribution in [0.4, 0.5) is 5.95 Å². The van der Waals surface area contributed by atoms with E-state index in [1.165, 1.54) is 18.4 Å². The number of hydrogen-bond acceptors (Lipinski definition) is 5. The largest absolute Gasteiger partial charge is 0.355 e. The molecule has 2 saturated heterocycles. The van der Waals surface area contributed by atoms with Crippen LogP contribution in [0.15, 0.2) is 36.7 Å². The highest BCUT2D eigenvalue weighted by molar-refractivity contribution is 5.94. The Morgan fingerprint density at radius 2 is 1.91 bits per heavy atom. The molecule has 0 radical (unpaired) electrons. The summed E-state index contributed by atoms with van der Waals surface area (Å²) >= 11 is 0. The summed E-state index contributed by atoms with van der Waals surface area (Å²) in [6.45, 7) is 7.40. The molecule has 1 saturated carbocycles. The molecule has 0 bridgehead atoms. The summed E-state index contributed by atoms with van der Waals surface area (Å²) in [5.74, 6) is 1.53. The minimum absolute atomic E-state index is 0.0403. The molecule has 3 heterocycles. The van der Waals surface area contributed by atoms with Gasteiger partial charge in [0.25, 0.3) is 5.91 Å². The van der Waals surface area contributed by atoms with Crippen LogP contribution < -0.4 is 10.2 Å². The molecule has 7 heteroatoms. The first-order valence-corrected chi connectivity index (χ1v) is 12.1. The molecular formula is C26H33N5O2. The van der Waals surface area contributed by atoms with Gasteiger partial charge >= 0.3 is 0 Å². The summed E-state index contributed by atoms with van der Waals surface area (Å²) in [6.07, 6.45) is 7.48. The molecule has 2 atom stereocenters. The number of carbonyl (C=O) groups is 2. The summed E-state index contributed by atoms with van der Waals surface area (Å²) in [5, 5.41) is 3.26. The van der Waals surface area contributed by atoms with E-state index in [1.54, 1.807) is 18.5 Å². The fourth-order valence-corrected chi connectivity index (χ4v) is 5.39. The van der Waals surface area contributed by atoms with Crippen molar-refractivity contribution in [1.82, 2.24) is 20.2 Å². The first-order chi connectivity index (χ1) is 16.0. The van der Waals surface area contributed by atoms with E-state index in [0.717, 1.165) is 30.5 Å². The molecule has 1 aromatic carbocycles. The Bertz CT molecular complexity index is 1040. The minimum atomic E-state index is -0.522. The van der Waals surface area contributed by atoms with E-state index < -0.39 is 5.41 Å². The zero-order chi connectivity index (χ0) is 23.0. The van der Waals surface area contributed by atoms with E-state index in [0.29, 0.717) is 38.0 Å². The number of carbonyl (C=O) groups excluding carboxylic acids is 2. The number of hydrogen-bond donors (Lipinski definition) is 1. The van der Waals surface area contributed by atoms with Crippen LogP contribution in [0.3, 0.4) is 0 Å². The normalized spacial score (nSPS) is 24.8. The number of aromatic nitrogens is 2. The third kappa shape index (κ3) is 4.33. The van der Waals surface area contributed by atoms with Crippen molar-refractivity contribution in [3.8, 4) is 0 Å². The smallest absolute Gasteiger partial charge is 0.253 e. The average Bonchev–Trinajstić information content (AvgIpc) is 3.62. The van der Waals surface area contributed by atoms with Crippen molar-refractivity contribution < 1.29 is 9.59 Å². The second-order valence-corrected chi connectivity index (χ2v) is 10.1. The number of anilines is 1. The van der Waals surface area contributed by atoms with Crippen LogP contribution in [0.2, 0.25) is 0 Å². The first-order valence-electron chi connectivity index (χ1n) is 12.1. The number of amides is 2. The maximum absolute atomic E-state index is 13.6. The van der Waals surface area contributed by atoms with Crippen LogP contribution in [0.1, 0.15) is 47.2 Å². The second kappa shape index (κ2) is 8.76. The Labute approximate surface area is 195 Å².